The summed E-state index contributed by atoms with van der Waals surface area (Å²) in [5, 5.41) is 0. The van der Waals surface area contributed by atoms with Crippen molar-refractivity contribution in [2.45, 2.75) is 6.92 Å². The van der Waals surface area contributed by atoms with E-state index in [1.165, 1.54) is 16.8 Å². The summed E-state index contributed by atoms with van der Waals surface area (Å²) >= 11 is 3.55. The van der Waals surface area contributed by atoms with Crippen molar-refractivity contribution < 1.29 is 0 Å². The number of benzene rings is 2. The highest BCUT2D eigenvalue weighted by Gasteiger charge is 2.17. The van der Waals surface area contributed by atoms with Gasteiger partial charge in [0.05, 0.1) is 5.69 Å². The van der Waals surface area contributed by atoms with Crippen LogP contribution >= 0.6 is 15.9 Å². The average Bonchev–Trinajstić information content (AvgIpc) is 3.03. The number of aryl methyl sites for hydroxylation is 1. The van der Waals surface area contributed by atoms with Crippen molar-refractivity contribution in [3.05, 3.63) is 94.1 Å². The second-order valence-electron chi connectivity index (χ2n) is 6.43. The lowest BCUT2D eigenvalue weighted by Crippen LogP contribution is -2.24. The Bertz CT molecular complexity index is 1010. The van der Waals surface area contributed by atoms with Gasteiger partial charge in [0.25, 0.3) is 0 Å². The van der Waals surface area contributed by atoms with Crippen LogP contribution in [-0.2, 0) is 0 Å². The summed E-state index contributed by atoms with van der Waals surface area (Å²) in [7, 11) is 0. The second kappa shape index (κ2) is 6.93. The van der Waals surface area contributed by atoms with Crippen molar-refractivity contribution in [3.63, 3.8) is 0 Å². The maximum atomic E-state index is 4.50. The molecule has 2 aliphatic rings. The normalized spacial score (nSPS) is 17.7. The predicted molar refractivity (Wildman–Crippen MR) is 116 cm³/mol. The summed E-state index contributed by atoms with van der Waals surface area (Å²) in [6.45, 7) is 6.82. The summed E-state index contributed by atoms with van der Waals surface area (Å²) in [5.74, 6) is 0. The number of allylic oxidation sites excluding steroid dienone is 4. The van der Waals surface area contributed by atoms with Crippen LogP contribution in [0.5, 0.6) is 0 Å². The minimum Gasteiger partial charge on any atom is -0.337 e. The molecule has 0 spiro atoms. The molecule has 0 aliphatic carbocycles. The Labute approximate surface area is 162 Å². The van der Waals surface area contributed by atoms with Crippen molar-refractivity contribution >= 4 is 45.2 Å². The molecule has 0 amide bonds. The molecule has 0 saturated heterocycles. The number of hydrogen-bond donors (Lipinski definition) is 0. The third kappa shape index (κ3) is 3.11. The van der Waals surface area contributed by atoms with Gasteiger partial charge in [0.2, 0.25) is 0 Å². The van der Waals surface area contributed by atoms with E-state index in [0.29, 0.717) is 0 Å². The first-order chi connectivity index (χ1) is 12.7. The Balaban J connectivity index is 1.73. The van der Waals surface area contributed by atoms with E-state index in [4.69, 9.17) is 0 Å². The number of hydrogen-bond acceptors (Lipinski definition) is 2. The fraction of sp³-hybridized carbons (Fsp3) is 0.0870. The Morgan fingerprint density at radius 2 is 2.00 bits per heavy atom. The SMILES string of the molecule is C=CCN1C(=CC=C2C=Nc3ccc(Br)cc32)C=Cc2ccc(C)cc21. The van der Waals surface area contributed by atoms with E-state index in [1.807, 2.05) is 24.4 Å². The largest absolute Gasteiger partial charge is 0.337 e. The third-order valence-corrected chi connectivity index (χ3v) is 5.07. The number of fused-ring (bicyclic) bond motifs is 2. The summed E-state index contributed by atoms with van der Waals surface area (Å²) in [6, 6.07) is 12.7. The van der Waals surface area contributed by atoms with Gasteiger partial charge in [-0.05, 0) is 54.5 Å². The maximum Gasteiger partial charge on any atom is 0.0709 e. The van der Waals surface area contributed by atoms with Crippen molar-refractivity contribution in [2.75, 3.05) is 11.4 Å². The topological polar surface area (TPSA) is 15.6 Å². The Hall–Kier alpha value is -2.65. The molecule has 0 radical (unpaired) electrons. The molecule has 0 atom stereocenters. The number of nitrogens with zero attached hydrogens (tertiary/aromatic N) is 2. The van der Waals surface area contributed by atoms with Gasteiger partial charge in [0.1, 0.15) is 0 Å². The lowest BCUT2D eigenvalue weighted by Gasteiger charge is -2.29. The van der Waals surface area contributed by atoms with Crippen LogP contribution in [0.1, 0.15) is 16.7 Å². The van der Waals surface area contributed by atoms with Gasteiger partial charge >= 0.3 is 0 Å². The maximum absolute atomic E-state index is 4.50. The molecule has 3 heteroatoms. The average molecular weight is 403 g/mol. The van der Waals surface area contributed by atoms with Crippen LogP contribution in [0.2, 0.25) is 0 Å². The molecule has 2 aromatic rings. The Morgan fingerprint density at radius 1 is 1.12 bits per heavy atom. The molecule has 0 N–H and O–H groups in total. The molecule has 2 aromatic carbocycles. The van der Waals surface area contributed by atoms with E-state index in [-0.39, 0.29) is 0 Å². The van der Waals surface area contributed by atoms with Gasteiger partial charge in [-0.2, -0.15) is 0 Å². The highest BCUT2D eigenvalue weighted by Crippen LogP contribution is 2.35. The number of halogens is 1. The van der Waals surface area contributed by atoms with E-state index < -0.39 is 0 Å². The van der Waals surface area contributed by atoms with Gasteiger partial charge in [0, 0.05) is 39.8 Å². The molecule has 0 unspecified atom stereocenters. The van der Waals surface area contributed by atoms with Crippen molar-refractivity contribution in [1.29, 1.82) is 0 Å². The molecule has 128 valence electrons. The van der Waals surface area contributed by atoms with Crippen LogP contribution in [0.15, 0.2) is 82.4 Å². The number of rotatable bonds is 3. The summed E-state index contributed by atoms with van der Waals surface area (Å²) in [4.78, 5) is 6.79. The van der Waals surface area contributed by atoms with E-state index in [1.54, 1.807) is 0 Å². The van der Waals surface area contributed by atoms with Gasteiger partial charge in [-0.1, -0.05) is 46.3 Å². The Kier molecular flexibility index (Phi) is 4.48. The summed E-state index contributed by atoms with van der Waals surface area (Å²) in [6.07, 6.45) is 12.5. The summed E-state index contributed by atoms with van der Waals surface area (Å²) < 4.78 is 1.07. The molecule has 0 fully saturated rings. The van der Waals surface area contributed by atoms with Crippen LogP contribution in [0.3, 0.4) is 0 Å². The first-order valence-corrected chi connectivity index (χ1v) is 9.38. The second-order valence-corrected chi connectivity index (χ2v) is 7.34. The van der Waals surface area contributed by atoms with Crippen LogP contribution in [-0.4, -0.2) is 12.8 Å². The molecule has 2 aliphatic heterocycles. The zero-order valence-corrected chi connectivity index (χ0v) is 16.2. The van der Waals surface area contributed by atoms with Crippen molar-refractivity contribution in [3.8, 4) is 0 Å². The zero-order chi connectivity index (χ0) is 18.1. The van der Waals surface area contributed by atoms with E-state index in [9.17, 15) is 0 Å². The minimum absolute atomic E-state index is 0.770. The number of aliphatic imine (C=N–C) groups is 1. The third-order valence-electron chi connectivity index (χ3n) is 4.58. The molecule has 0 aromatic heterocycles. The monoisotopic (exact) mass is 402 g/mol. The fourth-order valence-corrected chi connectivity index (χ4v) is 3.64. The van der Waals surface area contributed by atoms with Gasteiger partial charge < -0.3 is 4.90 Å². The van der Waals surface area contributed by atoms with E-state index >= 15 is 0 Å². The van der Waals surface area contributed by atoms with Gasteiger partial charge in [-0.25, -0.2) is 0 Å². The first kappa shape index (κ1) is 16.8. The van der Waals surface area contributed by atoms with Crippen molar-refractivity contribution in [2.24, 2.45) is 4.99 Å². The summed E-state index contributed by atoms with van der Waals surface area (Å²) in [5.41, 5.74) is 8.15. The highest BCUT2D eigenvalue weighted by atomic mass is 79.9. The molecule has 26 heavy (non-hydrogen) atoms. The van der Waals surface area contributed by atoms with E-state index in [2.05, 4.69) is 87.9 Å². The van der Waals surface area contributed by atoms with Gasteiger partial charge in [-0.15, -0.1) is 6.58 Å². The molecule has 2 heterocycles. The Morgan fingerprint density at radius 3 is 2.85 bits per heavy atom. The quantitative estimate of drug-likeness (QED) is 0.537. The molecular formula is C23H19BrN2. The minimum atomic E-state index is 0.770. The van der Waals surface area contributed by atoms with Crippen LogP contribution in [0.4, 0.5) is 11.4 Å². The van der Waals surface area contributed by atoms with Crippen LogP contribution in [0, 0.1) is 6.92 Å². The standard InChI is InChI=1S/C23H19BrN2/c1-3-12-26-20(9-6-17-5-4-16(2)13-23(17)26)10-7-18-15-25-22-11-8-19(24)14-21(18)22/h3-11,13-15H,1,12H2,2H3. The molecule has 2 nitrogen and oxygen atoms in total. The fourth-order valence-electron chi connectivity index (χ4n) is 3.28. The lowest BCUT2D eigenvalue weighted by molar-refractivity contribution is 1.03. The lowest BCUT2D eigenvalue weighted by atomic mass is 10.0. The molecule has 0 saturated carbocycles. The highest BCUT2D eigenvalue weighted by molar-refractivity contribution is 9.10. The smallest absolute Gasteiger partial charge is 0.0709 e. The molecular weight excluding hydrogens is 384 g/mol. The van der Waals surface area contributed by atoms with Crippen LogP contribution < -0.4 is 4.90 Å². The van der Waals surface area contributed by atoms with Gasteiger partial charge in [-0.3, -0.25) is 4.99 Å². The molecule has 0 bridgehead atoms. The van der Waals surface area contributed by atoms with Gasteiger partial charge in [0.15, 0.2) is 0 Å². The zero-order valence-electron chi connectivity index (χ0n) is 14.6. The predicted octanol–water partition coefficient (Wildman–Crippen LogP) is 6.46. The first-order valence-electron chi connectivity index (χ1n) is 8.59. The number of anilines is 1. The van der Waals surface area contributed by atoms with E-state index in [0.717, 1.165) is 33.5 Å². The van der Waals surface area contributed by atoms with Crippen molar-refractivity contribution in [1.82, 2.24) is 0 Å². The van der Waals surface area contributed by atoms with Crippen LogP contribution in [0.25, 0.3) is 11.6 Å². The molecule has 4 rings (SSSR count).